The molecule has 0 amide bonds. The lowest BCUT2D eigenvalue weighted by atomic mass is 10.2. The number of aryl methyl sites for hydroxylation is 2. The minimum absolute atomic E-state index is 0. The molecule has 2 aromatic heterocycles. The van der Waals surface area contributed by atoms with Gasteiger partial charge in [0.1, 0.15) is 5.75 Å². The summed E-state index contributed by atoms with van der Waals surface area (Å²) in [7, 11) is 5.45. The van der Waals surface area contributed by atoms with Crippen LogP contribution in [-0.2, 0) is 13.1 Å². The predicted octanol–water partition coefficient (Wildman–Crippen LogP) is 3.62. The first-order valence-electron chi connectivity index (χ1n) is 9.46. The van der Waals surface area contributed by atoms with Gasteiger partial charge in [-0.25, -0.2) is 0 Å². The van der Waals surface area contributed by atoms with Gasteiger partial charge in [0.05, 0.1) is 13.7 Å². The number of ether oxygens (including phenoxy) is 1. The summed E-state index contributed by atoms with van der Waals surface area (Å²) in [5.41, 5.74) is 4.73. The standard InChI is InChI=1S/C21H28N6O2.HI/c1-14-11-17(15(2)27(14)18-7-9-19(28-6)10-8-18)13-26(5)21(22-4)23-12-20-24-16(3)29-25-20;/h7-11H,12-13H2,1-6H3,(H,22,23);1H. The third kappa shape index (κ3) is 5.32. The van der Waals surface area contributed by atoms with Gasteiger partial charge in [-0.3, -0.25) is 4.99 Å². The summed E-state index contributed by atoms with van der Waals surface area (Å²) in [6, 6.07) is 10.3. The molecule has 8 nitrogen and oxygen atoms in total. The second-order valence-corrected chi connectivity index (χ2v) is 6.92. The van der Waals surface area contributed by atoms with Crippen LogP contribution in [0, 0.1) is 20.8 Å². The number of guanidine groups is 1. The third-order valence-corrected chi connectivity index (χ3v) is 4.82. The molecule has 0 fully saturated rings. The van der Waals surface area contributed by atoms with Gasteiger partial charge in [0, 0.05) is 44.6 Å². The highest BCUT2D eigenvalue weighted by Crippen LogP contribution is 2.23. The Balaban J connectivity index is 0.00000320. The Kier molecular flexibility index (Phi) is 8.27. The normalized spacial score (nSPS) is 11.2. The lowest BCUT2D eigenvalue weighted by Gasteiger charge is -2.21. The molecule has 2 heterocycles. The number of halogens is 1. The van der Waals surface area contributed by atoms with Crippen LogP contribution < -0.4 is 10.1 Å². The molecule has 1 aromatic carbocycles. The summed E-state index contributed by atoms with van der Waals surface area (Å²) in [5.74, 6) is 2.77. The van der Waals surface area contributed by atoms with Gasteiger partial charge in [0.25, 0.3) is 0 Å². The van der Waals surface area contributed by atoms with Crippen LogP contribution in [0.5, 0.6) is 5.75 Å². The largest absolute Gasteiger partial charge is 0.497 e. The number of nitrogens with zero attached hydrogens (tertiary/aromatic N) is 5. The van der Waals surface area contributed by atoms with Gasteiger partial charge >= 0.3 is 0 Å². The van der Waals surface area contributed by atoms with Gasteiger partial charge in [0.2, 0.25) is 5.89 Å². The lowest BCUT2D eigenvalue weighted by Crippen LogP contribution is -2.38. The topological polar surface area (TPSA) is 80.7 Å². The van der Waals surface area contributed by atoms with E-state index in [1.165, 1.54) is 17.0 Å². The Morgan fingerprint density at radius 1 is 1.23 bits per heavy atom. The molecule has 9 heteroatoms. The average Bonchev–Trinajstić information content (AvgIpc) is 3.25. The number of hydrogen-bond donors (Lipinski definition) is 1. The van der Waals surface area contributed by atoms with Crippen molar-refractivity contribution in [3.63, 3.8) is 0 Å². The van der Waals surface area contributed by atoms with E-state index in [0.717, 1.165) is 23.9 Å². The Morgan fingerprint density at radius 3 is 2.50 bits per heavy atom. The number of nitrogens with one attached hydrogen (secondary N) is 1. The molecule has 0 atom stereocenters. The van der Waals surface area contributed by atoms with Crippen LogP contribution in [0.4, 0.5) is 0 Å². The molecule has 162 valence electrons. The fourth-order valence-corrected chi connectivity index (χ4v) is 3.40. The van der Waals surface area contributed by atoms with Gasteiger partial charge in [0.15, 0.2) is 11.8 Å². The van der Waals surface area contributed by atoms with Crippen molar-refractivity contribution < 1.29 is 9.26 Å². The molecule has 0 aliphatic carbocycles. The third-order valence-electron chi connectivity index (χ3n) is 4.82. The van der Waals surface area contributed by atoms with E-state index in [1.54, 1.807) is 21.1 Å². The second-order valence-electron chi connectivity index (χ2n) is 6.92. The zero-order valence-electron chi connectivity index (χ0n) is 18.3. The highest BCUT2D eigenvalue weighted by atomic mass is 127. The smallest absolute Gasteiger partial charge is 0.223 e. The van der Waals surface area contributed by atoms with E-state index in [1.807, 2.05) is 19.2 Å². The first-order valence-corrected chi connectivity index (χ1v) is 9.46. The van der Waals surface area contributed by atoms with Gasteiger partial charge < -0.3 is 24.0 Å². The van der Waals surface area contributed by atoms with Gasteiger partial charge in [-0.2, -0.15) is 4.98 Å². The van der Waals surface area contributed by atoms with Gasteiger partial charge in [-0.15, -0.1) is 24.0 Å². The van der Waals surface area contributed by atoms with Crippen LogP contribution >= 0.6 is 24.0 Å². The molecule has 30 heavy (non-hydrogen) atoms. The molecule has 3 aromatic rings. The number of aromatic nitrogens is 3. The van der Waals surface area contributed by atoms with Crippen molar-refractivity contribution in [2.75, 3.05) is 21.2 Å². The Hall–Kier alpha value is -2.56. The van der Waals surface area contributed by atoms with Crippen molar-refractivity contribution in [2.45, 2.75) is 33.9 Å². The minimum atomic E-state index is 0. The maximum absolute atomic E-state index is 5.27. The SMILES string of the molecule is CN=C(NCc1noc(C)n1)N(C)Cc1cc(C)n(-c2ccc(OC)cc2)c1C.I. The van der Waals surface area contributed by atoms with Crippen LogP contribution in [0.2, 0.25) is 0 Å². The van der Waals surface area contributed by atoms with Crippen LogP contribution in [0.1, 0.15) is 28.7 Å². The Morgan fingerprint density at radius 2 is 1.93 bits per heavy atom. The van der Waals surface area contributed by atoms with Crippen LogP contribution in [0.15, 0.2) is 39.8 Å². The van der Waals surface area contributed by atoms with Gasteiger partial charge in [-0.05, 0) is 49.7 Å². The van der Waals surface area contributed by atoms with Gasteiger partial charge in [-0.1, -0.05) is 5.16 Å². The van der Waals surface area contributed by atoms with E-state index in [-0.39, 0.29) is 24.0 Å². The monoisotopic (exact) mass is 524 g/mol. The maximum Gasteiger partial charge on any atom is 0.223 e. The number of benzene rings is 1. The molecule has 0 saturated heterocycles. The van der Waals surface area contributed by atoms with Crippen molar-refractivity contribution in [3.05, 3.63) is 59.0 Å². The van der Waals surface area contributed by atoms with Crippen molar-refractivity contribution in [2.24, 2.45) is 4.99 Å². The molecule has 0 unspecified atom stereocenters. The average molecular weight is 524 g/mol. The molecular formula is C21H29IN6O2. The second kappa shape index (κ2) is 10.5. The number of methoxy groups -OCH3 is 1. The quantitative estimate of drug-likeness (QED) is 0.302. The van der Waals surface area contributed by atoms with E-state index >= 15 is 0 Å². The number of aliphatic imine (C=N–C) groups is 1. The zero-order valence-corrected chi connectivity index (χ0v) is 20.6. The molecule has 0 saturated carbocycles. The molecule has 0 spiro atoms. The summed E-state index contributed by atoms with van der Waals surface area (Å²) in [6.07, 6.45) is 0. The van der Waals surface area contributed by atoms with Crippen LogP contribution in [-0.4, -0.2) is 46.8 Å². The molecule has 0 aliphatic heterocycles. The predicted molar refractivity (Wildman–Crippen MR) is 128 cm³/mol. The van der Waals surface area contributed by atoms with E-state index in [0.29, 0.717) is 18.3 Å². The molecule has 0 aliphatic rings. The molecule has 3 rings (SSSR count). The van der Waals surface area contributed by atoms with Crippen LogP contribution in [0.25, 0.3) is 5.69 Å². The van der Waals surface area contributed by atoms with E-state index in [2.05, 4.69) is 62.0 Å². The van der Waals surface area contributed by atoms with Crippen LogP contribution in [0.3, 0.4) is 0 Å². The van der Waals surface area contributed by atoms with Crippen molar-refractivity contribution in [1.29, 1.82) is 0 Å². The Bertz CT molecular complexity index is 994. The number of rotatable bonds is 6. The summed E-state index contributed by atoms with van der Waals surface area (Å²) in [6.45, 7) is 7.21. The first-order chi connectivity index (χ1) is 13.9. The van der Waals surface area contributed by atoms with E-state index in [4.69, 9.17) is 9.26 Å². The first kappa shape index (κ1) is 23.7. The highest BCUT2D eigenvalue weighted by Gasteiger charge is 2.15. The highest BCUT2D eigenvalue weighted by molar-refractivity contribution is 14.0. The summed E-state index contributed by atoms with van der Waals surface area (Å²) < 4.78 is 12.5. The maximum atomic E-state index is 5.27. The van der Waals surface area contributed by atoms with Crippen molar-refractivity contribution in [1.82, 2.24) is 24.9 Å². The summed E-state index contributed by atoms with van der Waals surface area (Å²) >= 11 is 0. The summed E-state index contributed by atoms with van der Waals surface area (Å²) in [4.78, 5) is 10.7. The molecular weight excluding hydrogens is 495 g/mol. The molecule has 1 N–H and O–H groups in total. The lowest BCUT2D eigenvalue weighted by molar-refractivity contribution is 0.386. The fourth-order valence-electron chi connectivity index (χ4n) is 3.40. The minimum Gasteiger partial charge on any atom is -0.497 e. The summed E-state index contributed by atoms with van der Waals surface area (Å²) in [5, 5.41) is 7.18. The van der Waals surface area contributed by atoms with E-state index in [9.17, 15) is 0 Å². The van der Waals surface area contributed by atoms with E-state index < -0.39 is 0 Å². The number of hydrogen-bond acceptors (Lipinski definition) is 5. The molecule has 0 radical (unpaired) electrons. The molecule has 0 bridgehead atoms. The van der Waals surface area contributed by atoms with Crippen molar-refractivity contribution >= 4 is 29.9 Å². The zero-order chi connectivity index (χ0) is 21.0. The fraction of sp³-hybridized carbons (Fsp3) is 0.381. The Labute approximate surface area is 194 Å². The van der Waals surface area contributed by atoms with Crippen molar-refractivity contribution in [3.8, 4) is 11.4 Å².